The minimum absolute atomic E-state index is 0.182. The van der Waals surface area contributed by atoms with Gasteiger partial charge in [-0.2, -0.15) is 0 Å². The molecule has 0 aliphatic carbocycles. The van der Waals surface area contributed by atoms with E-state index in [1.54, 1.807) is 24.3 Å². The standard InChI is InChI=1S/C27H18BrFN2O2S/c28-21-14-17(15-25-26(32)31-27(34-25)30-23-11-4-3-10-22(23)29)12-13-24(21)33-16-19-8-5-7-18-6-1-2-9-20(18)19/h1-15H,16H2,(H,30,31,32)/b25-15-. The number of nitrogens with zero attached hydrogens (tertiary/aromatic N) is 1. The molecular weight excluding hydrogens is 515 g/mol. The number of amidine groups is 1. The predicted octanol–water partition coefficient (Wildman–Crippen LogP) is 7.21. The van der Waals surface area contributed by atoms with Gasteiger partial charge in [-0.05, 0) is 79.9 Å². The van der Waals surface area contributed by atoms with Gasteiger partial charge in [-0.25, -0.2) is 9.38 Å². The molecule has 0 atom stereocenters. The summed E-state index contributed by atoms with van der Waals surface area (Å²) in [6.07, 6.45) is 1.77. The lowest BCUT2D eigenvalue weighted by atomic mass is 10.1. The van der Waals surface area contributed by atoms with Gasteiger partial charge >= 0.3 is 0 Å². The van der Waals surface area contributed by atoms with Crippen LogP contribution in [-0.4, -0.2) is 11.1 Å². The number of thioether (sulfide) groups is 1. The number of hydrogen-bond donors (Lipinski definition) is 1. The maximum atomic E-state index is 13.9. The average molecular weight is 533 g/mol. The number of nitrogens with one attached hydrogen (secondary N) is 1. The Morgan fingerprint density at radius 1 is 1.00 bits per heavy atom. The van der Waals surface area contributed by atoms with Crippen LogP contribution in [0.3, 0.4) is 0 Å². The molecule has 4 aromatic carbocycles. The highest BCUT2D eigenvalue weighted by molar-refractivity contribution is 9.10. The smallest absolute Gasteiger partial charge is 0.264 e. The molecular formula is C27H18BrFN2O2S. The summed E-state index contributed by atoms with van der Waals surface area (Å²) in [6.45, 7) is 0.439. The van der Waals surface area contributed by atoms with Crippen molar-refractivity contribution in [1.29, 1.82) is 0 Å². The van der Waals surface area contributed by atoms with E-state index in [1.165, 1.54) is 28.6 Å². The van der Waals surface area contributed by atoms with Crippen LogP contribution in [0.25, 0.3) is 16.8 Å². The second-order valence-corrected chi connectivity index (χ2v) is 9.43. The summed E-state index contributed by atoms with van der Waals surface area (Å²) in [7, 11) is 0. The fourth-order valence-electron chi connectivity index (χ4n) is 3.58. The number of halogens is 2. The molecule has 1 N–H and O–H groups in total. The molecule has 1 heterocycles. The molecule has 1 saturated heterocycles. The molecule has 1 fully saturated rings. The quantitative estimate of drug-likeness (QED) is 0.276. The molecule has 34 heavy (non-hydrogen) atoms. The van der Waals surface area contributed by atoms with Crippen LogP contribution in [0.1, 0.15) is 11.1 Å². The number of carbonyl (C=O) groups excluding carboxylic acids is 1. The van der Waals surface area contributed by atoms with E-state index in [4.69, 9.17) is 4.74 Å². The highest BCUT2D eigenvalue weighted by Crippen LogP contribution is 2.32. The molecule has 0 aromatic heterocycles. The number of fused-ring (bicyclic) bond motifs is 1. The lowest BCUT2D eigenvalue weighted by molar-refractivity contribution is -0.115. The van der Waals surface area contributed by atoms with Crippen LogP contribution in [0.15, 0.2) is 99.3 Å². The first kappa shape index (κ1) is 22.4. The number of benzene rings is 4. The zero-order valence-corrected chi connectivity index (χ0v) is 20.2. The fraction of sp³-hybridized carbons (Fsp3) is 0.0370. The summed E-state index contributed by atoms with van der Waals surface area (Å²) in [5.41, 5.74) is 2.12. The molecule has 0 saturated carbocycles. The normalized spacial score (nSPS) is 15.8. The molecule has 1 amide bonds. The zero-order valence-electron chi connectivity index (χ0n) is 17.8. The number of aliphatic imine (C=N–C) groups is 1. The molecule has 0 bridgehead atoms. The van der Waals surface area contributed by atoms with Gasteiger partial charge < -0.3 is 10.1 Å². The van der Waals surface area contributed by atoms with Crippen molar-refractivity contribution in [2.75, 3.05) is 0 Å². The molecule has 7 heteroatoms. The minimum atomic E-state index is -0.440. The topological polar surface area (TPSA) is 50.7 Å². The van der Waals surface area contributed by atoms with E-state index in [0.29, 0.717) is 22.4 Å². The number of para-hydroxylation sites is 1. The van der Waals surface area contributed by atoms with E-state index in [-0.39, 0.29) is 11.6 Å². The van der Waals surface area contributed by atoms with Crippen LogP contribution in [-0.2, 0) is 11.4 Å². The van der Waals surface area contributed by atoms with Crippen LogP contribution >= 0.6 is 27.7 Å². The monoisotopic (exact) mass is 532 g/mol. The predicted molar refractivity (Wildman–Crippen MR) is 140 cm³/mol. The van der Waals surface area contributed by atoms with Gasteiger partial charge in [0.1, 0.15) is 23.9 Å². The summed E-state index contributed by atoms with van der Waals surface area (Å²) in [4.78, 5) is 17.1. The molecule has 168 valence electrons. The summed E-state index contributed by atoms with van der Waals surface area (Å²) in [6, 6.07) is 26.2. The number of hydrogen-bond acceptors (Lipinski definition) is 4. The first-order chi connectivity index (χ1) is 16.6. The lowest BCUT2D eigenvalue weighted by Crippen LogP contribution is -2.19. The van der Waals surface area contributed by atoms with Crippen LogP contribution in [0, 0.1) is 5.82 Å². The number of ether oxygens (including phenoxy) is 1. The van der Waals surface area contributed by atoms with Gasteiger partial charge in [0, 0.05) is 0 Å². The molecule has 1 aliphatic rings. The van der Waals surface area contributed by atoms with Gasteiger partial charge in [-0.1, -0.05) is 60.7 Å². The third kappa shape index (κ3) is 4.90. The summed E-state index contributed by atoms with van der Waals surface area (Å²) < 4.78 is 20.7. The number of carbonyl (C=O) groups is 1. The molecule has 1 aliphatic heterocycles. The van der Waals surface area contributed by atoms with Crippen molar-refractivity contribution in [2.24, 2.45) is 4.99 Å². The van der Waals surface area contributed by atoms with Crippen LogP contribution in [0.5, 0.6) is 5.75 Å². The minimum Gasteiger partial charge on any atom is -0.488 e. The van der Waals surface area contributed by atoms with Crippen LogP contribution < -0.4 is 10.1 Å². The fourth-order valence-corrected chi connectivity index (χ4v) is 4.93. The maximum absolute atomic E-state index is 13.9. The second kappa shape index (κ2) is 9.83. The third-order valence-electron chi connectivity index (χ3n) is 5.24. The number of rotatable bonds is 5. The molecule has 4 nitrogen and oxygen atoms in total. The van der Waals surface area contributed by atoms with Crippen molar-refractivity contribution in [3.8, 4) is 5.75 Å². The van der Waals surface area contributed by atoms with Crippen molar-refractivity contribution in [3.05, 3.63) is 111 Å². The Labute approximate surface area is 208 Å². The molecule has 4 aromatic rings. The Kier molecular flexibility index (Phi) is 6.47. The highest BCUT2D eigenvalue weighted by atomic mass is 79.9. The Balaban J connectivity index is 1.31. The van der Waals surface area contributed by atoms with Gasteiger partial charge in [0.25, 0.3) is 5.91 Å². The number of amides is 1. The zero-order chi connectivity index (χ0) is 23.5. The van der Waals surface area contributed by atoms with E-state index in [0.717, 1.165) is 15.6 Å². The van der Waals surface area contributed by atoms with E-state index >= 15 is 0 Å². The summed E-state index contributed by atoms with van der Waals surface area (Å²) >= 11 is 4.75. The van der Waals surface area contributed by atoms with Crippen LogP contribution in [0.4, 0.5) is 10.1 Å². The lowest BCUT2D eigenvalue weighted by Gasteiger charge is -2.11. The van der Waals surface area contributed by atoms with Crippen molar-refractivity contribution in [3.63, 3.8) is 0 Å². The Hall–Kier alpha value is -3.42. The summed E-state index contributed by atoms with van der Waals surface area (Å²) in [5.74, 6) is -0.00166. The van der Waals surface area contributed by atoms with E-state index in [9.17, 15) is 9.18 Å². The van der Waals surface area contributed by atoms with E-state index < -0.39 is 5.82 Å². The largest absolute Gasteiger partial charge is 0.488 e. The van der Waals surface area contributed by atoms with Crippen molar-refractivity contribution in [1.82, 2.24) is 5.32 Å². The molecule has 5 rings (SSSR count). The molecule has 0 spiro atoms. The third-order valence-corrected chi connectivity index (χ3v) is 6.77. The van der Waals surface area contributed by atoms with Crippen molar-refractivity contribution in [2.45, 2.75) is 6.61 Å². The second-order valence-electron chi connectivity index (χ2n) is 7.55. The average Bonchev–Trinajstić information content (AvgIpc) is 3.18. The first-order valence-corrected chi connectivity index (χ1v) is 12.1. The van der Waals surface area contributed by atoms with E-state index in [2.05, 4.69) is 50.5 Å². The summed E-state index contributed by atoms with van der Waals surface area (Å²) in [5, 5.41) is 5.37. The van der Waals surface area contributed by atoms with E-state index in [1.807, 2.05) is 36.4 Å². The van der Waals surface area contributed by atoms with Crippen LogP contribution in [0.2, 0.25) is 0 Å². The van der Waals surface area contributed by atoms with Gasteiger partial charge in [-0.15, -0.1) is 0 Å². The first-order valence-electron chi connectivity index (χ1n) is 10.5. The van der Waals surface area contributed by atoms with Gasteiger partial charge in [0.15, 0.2) is 5.17 Å². The molecule has 0 radical (unpaired) electrons. The Morgan fingerprint density at radius 3 is 2.65 bits per heavy atom. The SMILES string of the molecule is O=C1NC(=Nc2ccccc2F)S/C1=C\c1ccc(OCc2cccc3ccccc23)c(Br)c1. The van der Waals surface area contributed by atoms with Crippen molar-refractivity contribution < 1.29 is 13.9 Å². The van der Waals surface area contributed by atoms with Gasteiger partial charge in [0.2, 0.25) is 0 Å². The molecule has 0 unspecified atom stereocenters. The Bertz CT molecular complexity index is 1460. The highest BCUT2D eigenvalue weighted by Gasteiger charge is 2.24. The van der Waals surface area contributed by atoms with Crippen molar-refractivity contribution >= 4 is 61.3 Å². The van der Waals surface area contributed by atoms with Gasteiger partial charge in [0.05, 0.1) is 9.38 Å². The maximum Gasteiger partial charge on any atom is 0.264 e. The Morgan fingerprint density at radius 2 is 1.79 bits per heavy atom. The van der Waals surface area contributed by atoms with Gasteiger partial charge in [-0.3, -0.25) is 4.79 Å².